The second-order valence-electron chi connectivity index (χ2n) is 18.1. The van der Waals surface area contributed by atoms with Crippen LogP contribution in [-0.4, -0.2) is 68.5 Å². The fraction of sp³-hybridized carbons (Fsp3) is 0.788. The molecule has 1 amide bonds. The third-order valence-corrected chi connectivity index (χ3v) is 12.0. The normalized spacial score (nSPS) is 14.7. The zero-order valence-corrected chi connectivity index (χ0v) is 41.2. The predicted octanol–water partition coefficient (Wildman–Crippen LogP) is 14.0. The Morgan fingerprint density at radius 3 is 1.39 bits per heavy atom. The molecule has 0 aliphatic rings. The number of phosphoric acid groups is 1. The largest absolute Gasteiger partial charge is 0.756 e. The number of allylic oxidation sites excluding steroid dienone is 10. The average Bonchev–Trinajstić information content (AvgIpc) is 3.21. The van der Waals surface area contributed by atoms with Crippen molar-refractivity contribution in [3.05, 3.63) is 60.8 Å². The first kappa shape index (κ1) is 59.2. The summed E-state index contributed by atoms with van der Waals surface area (Å²) in [7, 11) is 1.26. The lowest BCUT2D eigenvalue weighted by Gasteiger charge is -2.30. The third kappa shape index (κ3) is 46.0. The van der Waals surface area contributed by atoms with E-state index in [0.29, 0.717) is 23.9 Å². The van der Waals surface area contributed by atoms with Gasteiger partial charge in [-0.1, -0.05) is 216 Å². The number of nitrogens with zero attached hydrogens (tertiary/aromatic N) is 1. The summed E-state index contributed by atoms with van der Waals surface area (Å²) in [5.74, 6) is -0.222. The van der Waals surface area contributed by atoms with Crippen LogP contribution in [0.25, 0.3) is 0 Å². The number of amides is 1. The lowest BCUT2D eigenvalue weighted by atomic mass is 10.0. The molecule has 9 heteroatoms. The van der Waals surface area contributed by atoms with E-state index in [9.17, 15) is 19.4 Å². The van der Waals surface area contributed by atoms with Gasteiger partial charge in [-0.15, -0.1) is 0 Å². The molecule has 0 bridgehead atoms. The van der Waals surface area contributed by atoms with Crippen LogP contribution >= 0.6 is 7.82 Å². The molecule has 0 heterocycles. The minimum absolute atomic E-state index is 0.000860. The lowest BCUT2D eigenvalue weighted by Crippen LogP contribution is -2.46. The van der Waals surface area contributed by atoms with E-state index >= 15 is 0 Å². The number of quaternary nitrogens is 1. The van der Waals surface area contributed by atoms with Gasteiger partial charge in [-0.05, 0) is 51.4 Å². The summed E-state index contributed by atoms with van der Waals surface area (Å²) in [5, 5.41) is 13.9. The van der Waals surface area contributed by atoms with Crippen LogP contribution in [-0.2, 0) is 18.4 Å². The molecular weight excluding hydrogens is 780 g/mol. The van der Waals surface area contributed by atoms with Crippen molar-refractivity contribution in [3.63, 3.8) is 0 Å². The Morgan fingerprint density at radius 2 is 0.984 bits per heavy atom. The summed E-state index contributed by atoms with van der Waals surface area (Å²) in [4.78, 5) is 25.4. The van der Waals surface area contributed by atoms with E-state index in [4.69, 9.17) is 9.05 Å². The van der Waals surface area contributed by atoms with Gasteiger partial charge in [0, 0.05) is 6.42 Å². The van der Waals surface area contributed by atoms with E-state index in [2.05, 4.69) is 79.9 Å². The molecule has 0 aromatic rings. The molecule has 0 saturated heterocycles. The zero-order chi connectivity index (χ0) is 45.0. The van der Waals surface area contributed by atoms with Crippen LogP contribution in [0.15, 0.2) is 60.8 Å². The van der Waals surface area contributed by atoms with Gasteiger partial charge in [-0.3, -0.25) is 9.36 Å². The van der Waals surface area contributed by atoms with Gasteiger partial charge in [0.25, 0.3) is 7.82 Å². The number of hydrogen-bond donors (Lipinski definition) is 2. The smallest absolute Gasteiger partial charge is 0.268 e. The Hall–Kier alpha value is -1.80. The molecular formula is C52H97N2O6P. The van der Waals surface area contributed by atoms with E-state index < -0.39 is 20.0 Å². The van der Waals surface area contributed by atoms with Crippen molar-refractivity contribution in [2.75, 3.05) is 40.9 Å². The maximum atomic E-state index is 12.9. The minimum Gasteiger partial charge on any atom is -0.756 e. The highest BCUT2D eigenvalue weighted by Crippen LogP contribution is 2.38. The number of nitrogens with one attached hydrogen (secondary N) is 1. The summed E-state index contributed by atoms with van der Waals surface area (Å²) in [5.41, 5.74) is 0. The maximum Gasteiger partial charge on any atom is 0.268 e. The maximum absolute atomic E-state index is 12.9. The zero-order valence-electron chi connectivity index (χ0n) is 40.4. The summed E-state index contributed by atoms with van der Waals surface area (Å²) in [6.07, 6.45) is 56.7. The fourth-order valence-corrected chi connectivity index (χ4v) is 7.80. The van der Waals surface area contributed by atoms with Gasteiger partial charge in [0.2, 0.25) is 5.91 Å². The predicted molar refractivity (Wildman–Crippen MR) is 261 cm³/mol. The molecule has 2 N–H and O–H groups in total. The minimum atomic E-state index is -4.59. The molecule has 356 valence electrons. The van der Waals surface area contributed by atoms with Gasteiger partial charge in [0.15, 0.2) is 0 Å². The van der Waals surface area contributed by atoms with Crippen LogP contribution in [0.1, 0.15) is 213 Å². The van der Waals surface area contributed by atoms with Crippen LogP contribution in [0.4, 0.5) is 0 Å². The first-order valence-electron chi connectivity index (χ1n) is 25.1. The Bertz CT molecular complexity index is 1180. The van der Waals surface area contributed by atoms with Crippen molar-refractivity contribution in [2.45, 2.75) is 225 Å². The Labute approximate surface area is 377 Å². The van der Waals surface area contributed by atoms with Crippen molar-refractivity contribution in [3.8, 4) is 0 Å². The van der Waals surface area contributed by atoms with Crippen molar-refractivity contribution in [1.29, 1.82) is 0 Å². The molecule has 0 saturated carbocycles. The van der Waals surface area contributed by atoms with E-state index in [-0.39, 0.29) is 25.5 Å². The van der Waals surface area contributed by atoms with Crippen molar-refractivity contribution >= 4 is 13.7 Å². The Morgan fingerprint density at radius 1 is 0.590 bits per heavy atom. The molecule has 0 aliphatic heterocycles. The van der Waals surface area contributed by atoms with Gasteiger partial charge < -0.3 is 28.8 Å². The Kier molecular flexibility index (Phi) is 42.2. The number of phosphoric ester groups is 1. The van der Waals surface area contributed by atoms with Gasteiger partial charge in [-0.2, -0.15) is 0 Å². The number of carbonyl (C=O) groups is 1. The van der Waals surface area contributed by atoms with Crippen LogP contribution in [0.5, 0.6) is 0 Å². The van der Waals surface area contributed by atoms with Crippen LogP contribution in [0.3, 0.4) is 0 Å². The number of unbranched alkanes of at least 4 members (excludes halogenated alkanes) is 22. The monoisotopic (exact) mass is 877 g/mol. The molecule has 0 aromatic heterocycles. The standard InChI is InChI=1S/C52H97N2O6P/c1-6-8-10-12-14-16-18-20-22-24-25-26-27-28-30-31-33-35-37-39-41-43-45-51(55)50(49-60-61(57,58)59-48-47-54(3,4)5)53-52(56)46-44-42-40-38-36-34-32-29-23-21-19-17-15-13-11-9-7-2/h9,11,15,17,21,23,32,34,38,40,50-51,55H,6-8,10,12-14,16,18-20,22,24-31,33,35-37,39,41-49H2,1-5H3,(H-,53,56,57,58)/b11-9-,17-15-,23-21-,34-32-,40-38-. The first-order valence-corrected chi connectivity index (χ1v) is 26.6. The average molecular weight is 877 g/mol. The van der Waals surface area contributed by atoms with Crippen LogP contribution in [0, 0.1) is 0 Å². The summed E-state index contributed by atoms with van der Waals surface area (Å²) < 4.78 is 23.3. The number of aliphatic hydroxyl groups excluding tert-OH is 1. The van der Waals surface area contributed by atoms with E-state index in [1.807, 2.05) is 21.1 Å². The molecule has 0 rings (SSSR count). The van der Waals surface area contributed by atoms with Gasteiger partial charge in [0.05, 0.1) is 39.9 Å². The van der Waals surface area contributed by atoms with Crippen LogP contribution in [0.2, 0.25) is 0 Å². The highest BCUT2D eigenvalue weighted by atomic mass is 31.2. The first-order chi connectivity index (χ1) is 29.5. The summed E-state index contributed by atoms with van der Waals surface area (Å²) >= 11 is 0. The van der Waals surface area contributed by atoms with Gasteiger partial charge in [0.1, 0.15) is 13.2 Å². The summed E-state index contributed by atoms with van der Waals surface area (Å²) in [6.45, 7) is 4.57. The molecule has 0 aliphatic carbocycles. The lowest BCUT2D eigenvalue weighted by molar-refractivity contribution is -0.870. The van der Waals surface area contributed by atoms with E-state index in [1.54, 1.807) is 0 Å². The molecule has 0 fully saturated rings. The molecule has 61 heavy (non-hydrogen) atoms. The molecule has 3 atom stereocenters. The SMILES string of the molecule is CC/C=C\C/C=C\C/C=C\C/C=C\C/C=C\CCCC(=O)NC(COP(=O)([O-])OCC[N+](C)(C)C)C(O)CCCCCCCCCCCCCCCCCCCCCCCC. The number of hydrogen-bond acceptors (Lipinski definition) is 6. The van der Waals surface area contributed by atoms with Crippen molar-refractivity contribution in [2.24, 2.45) is 0 Å². The number of aliphatic hydroxyl groups is 1. The Balaban J connectivity index is 4.34. The van der Waals surface area contributed by atoms with E-state index in [0.717, 1.165) is 57.8 Å². The summed E-state index contributed by atoms with van der Waals surface area (Å²) in [6, 6.07) is -0.833. The fourth-order valence-electron chi connectivity index (χ4n) is 7.08. The van der Waals surface area contributed by atoms with Crippen LogP contribution < -0.4 is 10.2 Å². The second-order valence-corrected chi connectivity index (χ2v) is 19.6. The molecule has 0 aromatic carbocycles. The topological polar surface area (TPSA) is 108 Å². The molecule has 8 nitrogen and oxygen atoms in total. The number of likely N-dealkylation sites (N-methyl/N-ethyl adjacent to an activating group) is 1. The number of carbonyl (C=O) groups excluding carboxylic acids is 1. The molecule has 0 radical (unpaired) electrons. The van der Waals surface area contributed by atoms with Gasteiger partial charge in [-0.25, -0.2) is 0 Å². The van der Waals surface area contributed by atoms with Gasteiger partial charge >= 0.3 is 0 Å². The third-order valence-electron chi connectivity index (χ3n) is 11.0. The number of rotatable bonds is 45. The van der Waals surface area contributed by atoms with Crippen molar-refractivity contribution in [1.82, 2.24) is 5.32 Å². The molecule has 0 spiro atoms. The quantitative estimate of drug-likeness (QED) is 0.0273. The highest BCUT2D eigenvalue weighted by Gasteiger charge is 2.24. The molecule has 3 unspecified atom stereocenters. The highest BCUT2D eigenvalue weighted by molar-refractivity contribution is 7.45. The second kappa shape index (κ2) is 43.5. The van der Waals surface area contributed by atoms with E-state index in [1.165, 1.54) is 122 Å². The van der Waals surface area contributed by atoms with Crippen molar-refractivity contribution < 1.29 is 32.9 Å².